The number of piperidine rings is 1. The molecule has 1 aromatic carbocycles. The van der Waals surface area contributed by atoms with Gasteiger partial charge in [0, 0.05) is 37.7 Å². The molecule has 2 aliphatic heterocycles. The van der Waals surface area contributed by atoms with Crippen LogP contribution < -0.4 is 15.2 Å². The minimum Gasteiger partial charge on any atom is -0.481 e. The van der Waals surface area contributed by atoms with Crippen molar-refractivity contribution in [1.29, 1.82) is 0 Å². The smallest absolute Gasteiger partial charge is 0.410 e. The highest BCUT2D eigenvalue weighted by molar-refractivity contribution is 7.89. The van der Waals surface area contributed by atoms with Gasteiger partial charge in [-0.25, -0.2) is 13.2 Å². The largest absolute Gasteiger partial charge is 0.481 e. The molecule has 1 atom stereocenters. The summed E-state index contributed by atoms with van der Waals surface area (Å²) in [4.78, 5) is 30.1. The molecule has 0 spiro atoms. The van der Waals surface area contributed by atoms with Gasteiger partial charge in [0.1, 0.15) is 17.4 Å². The van der Waals surface area contributed by atoms with E-state index in [-0.39, 0.29) is 25.4 Å². The zero-order valence-electron chi connectivity index (χ0n) is 23.7. The van der Waals surface area contributed by atoms with E-state index in [1.54, 1.807) is 49.2 Å². The third-order valence-electron chi connectivity index (χ3n) is 6.82. The summed E-state index contributed by atoms with van der Waals surface area (Å²) in [6.45, 7) is 10.9. The Morgan fingerprint density at radius 3 is 2.45 bits per heavy atom. The van der Waals surface area contributed by atoms with E-state index in [9.17, 15) is 18.0 Å². The molecular weight excluding hydrogens is 558 g/mol. The lowest BCUT2D eigenvalue weighted by molar-refractivity contribution is 0.00759. The van der Waals surface area contributed by atoms with Crippen molar-refractivity contribution in [2.75, 3.05) is 44.2 Å². The van der Waals surface area contributed by atoms with Crippen molar-refractivity contribution >= 4 is 33.4 Å². The van der Waals surface area contributed by atoms with Gasteiger partial charge in [0.15, 0.2) is 0 Å². The highest BCUT2D eigenvalue weighted by atomic mass is 35.5. The standard InChI is InChI=1S/C27H38ClN5O6S/c1-19(2)40(36,37)32-14-12-30(13-15-32)23-17-29-33(21-9-6-8-20(28)16-21)25(34)24(23)38-22-10-7-11-31(18-22)26(35)39-27(3,4)5/h6,8-9,16-17,19,22H,7,10-15,18H2,1-5H3. The van der Waals surface area contributed by atoms with E-state index in [2.05, 4.69) is 5.10 Å². The van der Waals surface area contributed by atoms with Gasteiger partial charge in [0.05, 0.1) is 23.7 Å². The van der Waals surface area contributed by atoms with E-state index in [1.165, 1.54) is 8.99 Å². The molecule has 0 radical (unpaired) electrons. The van der Waals surface area contributed by atoms with Crippen molar-refractivity contribution < 1.29 is 22.7 Å². The van der Waals surface area contributed by atoms with E-state index in [0.717, 1.165) is 0 Å². The van der Waals surface area contributed by atoms with Gasteiger partial charge in [-0.15, -0.1) is 0 Å². The first-order chi connectivity index (χ1) is 18.8. The lowest BCUT2D eigenvalue weighted by Crippen LogP contribution is -2.51. The number of hydrogen-bond acceptors (Lipinski definition) is 8. The van der Waals surface area contributed by atoms with E-state index < -0.39 is 38.6 Å². The van der Waals surface area contributed by atoms with Gasteiger partial charge in [0.25, 0.3) is 0 Å². The predicted molar refractivity (Wildman–Crippen MR) is 154 cm³/mol. The van der Waals surface area contributed by atoms with Gasteiger partial charge in [-0.05, 0) is 65.7 Å². The van der Waals surface area contributed by atoms with Gasteiger partial charge in [-0.2, -0.15) is 14.1 Å². The maximum atomic E-state index is 13.8. The van der Waals surface area contributed by atoms with Crippen LogP contribution in [0.5, 0.6) is 5.75 Å². The fourth-order valence-corrected chi connectivity index (χ4v) is 6.19. The summed E-state index contributed by atoms with van der Waals surface area (Å²) in [5.41, 5.74) is -0.120. The topological polar surface area (TPSA) is 114 Å². The molecule has 3 heterocycles. The van der Waals surface area contributed by atoms with Gasteiger partial charge in [0.2, 0.25) is 15.8 Å². The molecule has 40 heavy (non-hydrogen) atoms. The van der Waals surface area contributed by atoms with Gasteiger partial charge in [-0.3, -0.25) is 4.79 Å². The number of rotatable bonds is 6. The summed E-state index contributed by atoms with van der Waals surface area (Å²) in [6.07, 6.45) is 2.05. The summed E-state index contributed by atoms with van der Waals surface area (Å²) >= 11 is 6.17. The molecule has 2 aromatic rings. The number of aromatic nitrogens is 2. The molecule has 0 aliphatic carbocycles. The molecule has 1 unspecified atom stereocenters. The number of likely N-dealkylation sites (tertiary alicyclic amines) is 1. The maximum absolute atomic E-state index is 13.8. The van der Waals surface area contributed by atoms with Crippen molar-refractivity contribution in [1.82, 2.24) is 19.0 Å². The van der Waals surface area contributed by atoms with Crippen LogP contribution in [0.2, 0.25) is 5.02 Å². The van der Waals surface area contributed by atoms with E-state index in [1.807, 2.05) is 25.7 Å². The van der Waals surface area contributed by atoms with Crippen molar-refractivity contribution in [2.45, 2.75) is 64.4 Å². The Morgan fingerprint density at radius 1 is 1.12 bits per heavy atom. The molecule has 1 amide bonds. The lowest BCUT2D eigenvalue weighted by atomic mass is 10.1. The minimum absolute atomic E-state index is 0.103. The molecule has 220 valence electrons. The zero-order chi connectivity index (χ0) is 29.2. The Morgan fingerprint density at radius 2 is 1.82 bits per heavy atom. The average molecular weight is 596 g/mol. The fourth-order valence-electron chi connectivity index (χ4n) is 4.73. The quantitative estimate of drug-likeness (QED) is 0.498. The summed E-state index contributed by atoms with van der Waals surface area (Å²) < 4.78 is 40.0. The van der Waals surface area contributed by atoms with Crippen molar-refractivity contribution in [3.63, 3.8) is 0 Å². The first kappa shape index (κ1) is 30.1. The van der Waals surface area contributed by atoms with Crippen LogP contribution in [-0.4, -0.2) is 89.7 Å². The molecular formula is C27H38ClN5O6S. The van der Waals surface area contributed by atoms with Crippen LogP contribution in [0, 0.1) is 0 Å². The second kappa shape index (κ2) is 12.0. The van der Waals surface area contributed by atoms with Crippen LogP contribution >= 0.6 is 11.6 Å². The number of sulfonamides is 1. The normalized spacial score (nSPS) is 19.1. The number of amides is 1. The second-order valence-electron chi connectivity index (χ2n) is 11.3. The van der Waals surface area contributed by atoms with Crippen LogP contribution in [0.15, 0.2) is 35.3 Å². The Bertz CT molecular complexity index is 1380. The molecule has 4 rings (SSSR count). The molecule has 2 aliphatic rings. The molecule has 0 bridgehead atoms. The Kier molecular flexibility index (Phi) is 9.01. The number of nitrogens with zero attached hydrogens (tertiary/aromatic N) is 5. The van der Waals surface area contributed by atoms with Crippen molar-refractivity contribution in [3.05, 3.63) is 45.8 Å². The molecule has 11 nitrogen and oxygen atoms in total. The summed E-state index contributed by atoms with van der Waals surface area (Å²) in [7, 11) is -3.39. The summed E-state index contributed by atoms with van der Waals surface area (Å²) in [5, 5.41) is 4.35. The summed E-state index contributed by atoms with van der Waals surface area (Å²) in [5.74, 6) is 0.103. The molecule has 1 aromatic heterocycles. The van der Waals surface area contributed by atoms with Crippen LogP contribution in [0.3, 0.4) is 0 Å². The van der Waals surface area contributed by atoms with Crippen molar-refractivity contribution in [2.24, 2.45) is 0 Å². The van der Waals surface area contributed by atoms with Crippen LogP contribution in [-0.2, 0) is 14.8 Å². The number of hydrogen-bond donors (Lipinski definition) is 0. The third kappa shape index (κ3) is 6.90. The fraction of sp³-hybridized carbons (Fsp3) is 0.593. The van der Waals surface area contributed by atoms with Crippen LogP contribution in [0.4, 0.5) is 10.5 Å². The number of ether oxygens (including phenoxy) is 2. The Balaban J connectivity index is 1.63. The zero-order valence-corrected chi connectivity index (χ0v) is 25.2. The minimum atomic E-state index is -3.39. The van der Waals surface area contributed by atoms with Gasteiger partial charge < -0.3 is 19.3 Å². The third-order valence-corrected chi connectivity index (χ3v) is 9.33. The number of halogens is 1. The Hall–Kier alpha value is -2.83. The first-order valence-electron chi connectivity index (χ1n) is 13.5. The van der Waals surface area contributed by atoms with E-state index >= 15 is 0 Å². The van der Waals surface area contributed by atoms with Crippen LogP contribution in [0.1, 0.15) is 47.5 Å². The summed E-state index contributed by atoms with van der Waals surface area (Å²) in [6, 6.07) is 6.80. The molecule has 2 fully saturated rings. The molecule has 0 saturated carbocycles. The van der Waals surface area contributed by atoms with E-state index in [4.69, 9.17) is 21.1 Å². The highest BCUT2D eigenvalue weighted by Crippen LogP contribution is 2.29. The van der Waals surface area contributed by atoms with Crippen molar-refractivity contribution in [3.8, 4) is 11.4 Å². The average Bonchev–Trinajstić information content (AvgIpc) is 2.89. The van der Waals surface area contributed by atoms with Gasteiger partial charge >= 0.3 is 11.7 Å². The predicted octanol–water partition coefficient (Wildman–Crippen LogP) is 3.52. The first-order valence-corrected chi connectivity index (χ1v) is 15.4. The number of carbonyl (C=O) groups is 1. The lowest BCUT2D eigenvalue weighted by Gasteiger charge is -2.37. The Labute approximate surface area is 240 Å². The molecule has 13 heteroatoms. The number of benzene rings is 1. The molecule has 2 saturated heterocycles. The highest BCUT2D eigenvalue weighted by Gasteiger charge is 2.33. The van der Waals surface area contributed by atoms with Gasteiger partial charge in [-0.1, -0.05) is 17.7 Å². The SMILES string of the molecule is CC(C)S(=O)(=O)N1CCN(c2cnn(-c3cccc(Cl)c3)c(=O)c2OC2CCCN(C(=O)OC(C)(C)C)C2)CC1. The maximum Gasteiger partial charge on any atom is 0.410 e. The monoisotopic (exact) mass is 595 g/mol. The number of carbonyl (C=O) groups excluding carboxylic acids is 1. The number of piperazine rings is 1. The van der Waals surface area contributed by atoms with Crippen LogP contribution in [0.25, 0.3) is 5.69 Å². The van der Waals surface area contributed by atoms with E-state index in [0.29, 0.717) is 48.9 Å². The number of anilines is 1. The second-order valence-corrected chi connectivity index (χ2v) is 14.3. The molecule has 0 N–H and O–H groups in total.